The summed E-state index contributed by atoms with van der Waals surface area (Å²) in [5.41, 5.74) is 0.819. The van der Waals surface area contributed by atoms with Crippen LogP contribution in [0, 0.1) is 5.92 Å². The van der Waals surface area contributed by atoms with Gasteiger partial charge in [-0.2, -0.15) is 0 Å². The highest BCUT2D eigenvalue weighted by Crippen LogP contribution is 2.30. The zero-order valence-electron chi connectivity index (χ0n) is 11.5. The molecule has 0 saturated heterocycles. The molecule has 1 amide bonds. The maximum atomic E-state index is 11.9. The first-order valence-electron chi connectivity index (χ1n) is 6.40. The van der Waals surface area contributed by atoms with E-state index in [0.29, 0.717) is 17.5 Å². The summed E-state index contributed by atoms with van der Waals surface area (Å²) in [5, 5.41) is 6.69. The van der Waals surface area contributed by atoms with E-state index in [2.05, 4.69) is 40.4 Å². The van der Waals surface area contributed by atoms with Crippen LogP contribution in [0.3, 0.4) is 0 Å². The molecule has 0 spiro atoms. The third-order valence-corrected chi connectivity index (χ3v) is 4.14. The fraction of sp³-hybridized carbons (Fsp3) is 0.500. The third kappa shape index (κ3) is 5.41. The summed E-state index contributed by atoms with van der Waals surface area (Å²) in [7, 11) is 0. The lowest BCUT2D eigenvalue weighted by molar-refractivity contribution is -0.121. The van der Waals surface area contributed by atoms with Gasteiger partial charge in [-0.25, -0.2) is 0 Å². The number of nitrogens with one attached hydrogen (secondary N) is 2. The molecule has 0 saturated carbocycles. The molecule has 19 heavy (non-hydrogen) atoms. The predicted molar refractivity (Wildman–Crippen MR) is 84.7 cm³/mol. The summed E-state index contributed by atoms with van der Waals surface area (Å²) < 4.78 is 0.776. The van der Waals surface area contributed by atoms with E-state index in [-0.39, 0.29) is 11.9 Å². The summed E-state index contributed by atoms with van der Waals surface area (Å²) in [4.78, 5) is 11.9. The van der Waals surface area contributed by atoms with Crippen LogP contribution < -0.4 is 10.6 Å². The summed E-state index contributed by atoms with van der Waals surface area (Å²) >= 11 is 9.41. The Morgan fingerprint density at radius 3 is 2.68 bits per heavy atom. The number of benzene rings is 1. The van der Waals surface area contributed by atoms with Gasteiger partial charge in [-0.05, 0) is 47.3 Å². The average molecular weight is 348 g/mol. The van der Waals surface area contributed by atoms with Crippen LogP contribution in [0.1, 0.15) is 27.2 Å². The zero-order valence-corrected chi connectivity index (χ0v) is 13.8. The molecule has 1 aromatic carbocycles. The normalized spacial score (nSPS) is 12.3. The van der Waals surface area contributed by atoms with Gasteiger partial charge in [0.2, 0.25) is 5.91 Å². The third-order valence-electron chi connectivity index (χ3n) is 2.74. The van der Waals surface area contributed by atoms with Crippen molar-refractivity contribution in [3.05, 3.63) is 27.7 Å². The molecule has 1 unspecified atom stereocenters. The highest BCUT2D eigenvalue weighted by atomic mass is 79.9. The minimum atomic E-state index is -0.304. The van der Waals surface area contributed by atoms with E-state index in [1.165, 1.54) is 0 Å². The van der Waals surface area contributed by atoms with Crippen LogP contribution in [-0.2, 0) is 4.79 Å². The summed E-state index contributed by atoms with van der Waals surface area (Å²) in [6.07, 6.45) is 0.985. The molecule has 0 aliphatic carbocycles. The molecule has 1 aromatic rings. The first kappa shape index (κ1) is 16.3. The minimum absolute atomic E-state index is 0.00692. The molecule has 1 rings (SSSR count). The van der Waals surface area contributed by atoms with Crippen LogP contribution in [0.5, 0.6) is 0 Å². The van der Waals surface area contributed by atoms with Crippen LogP contribution in [0.4, 0.5) is 5.69 Å². The van der Waals surface area contributed by atoms with Crippen LogP contribution in [-0.4, -0.2) is 18.5 Å². The topological polar surface area (TPSA) is 41.1 Å². The van der Waals surface area contributed by atoms with Gasteiger partial charge in [0.25, 0.3) is 0 Å². The largest absolute Gasteiger partial charge is 0.373 e. The lowest BCUT2D eigenvalue weighted by Crippen LogP contribution is -2.38. The quantitative estimate of drug-likeness (QED) is 0.814. The van der Waals surface area contributed by atoms with Crippen molar-refractivity contribution in [3.8, 4) is 0 Å². The molecule has 0 aliphatic heterocycles. The second-order valence-electron chi connectivity index (χ2n) is 4.94. The van der Waals surface area contributed by atoms with Crippen LogP contribution in [0.15, 0.2) is 22.7 Å². The van der Waals surface area contributed by atoms with E-state index in [1.54, 1.807) is 6.07 Å². The van der Waals surface area contributed by atoms with E-state index in [4.69, 9.17) is 11.6 Å². The standard InChI is InChI=1S/C14H20BrClN2O/c1-9(2)7-8-17-14(19)10(3)18-12-6-4-5-11(16)13(12)15/h4-6,9-10,18H,7-8H2,1-3H3,(H,17,19). The highest BCUT2D eigenvalue weighted by molar-refractivity contribution is 9.10. The monoisotopic (exact) mass is 346 g/mol. The molecule has 0 radical (unpaired) electrons. The van der Waals surface area contributed by atoms with Crippen molar-refractivity contribution in [1.29, 1.82) is 0 Å². The first-order chi connectivity index (χ1) is 8.91. The van der Waals surface area contributed by atoms with Crippen molar-refractivity contribution in [2.45, 2.75) is 33.2 Å². The Balaban J connectivity index is 2.52. The molecule has 0 fully saturated rings. The second kappa shape index (κ2) is 7.75. The SMILES string of the molecule is CC(C)CCNC(=O)C(C)Nc1cccc(Cl)c1Br. The van der Waals surface area contributed by atoms with Gasteiger partial charge in [0.05, 0.1) is 15.2 Å². The molecule has 0 aromatic heterocycles. The van der Waals surface area contributed by atoms with E-state index in [0.717, 1.165) is 16.6 Å². The summed E-state index contributed by atoms with van der Waals surface area (Å²) in [6.45, 7) is 6.81. The number of hydrogen-bond acceptors (Lipinski definition) is 2. The zero-order chi connectivity index (χ0) is 14.4. The Hall–Kier alpha value is -0.740. The van der Waals surface area contributed by atoms with Crippen molar-refractivity contribution in [2.24, 2.45) is 5.92 Å². The fourth-order valence-corrected chi connectivity index (χ4v) is 2.10. The number of rotatable bonds is 6. The van der Waals surface area contributed by atoms with Gasteiger partial charge in [-0.1, -0.05) is 31.5 Å². The van der Waals surface area contributed by atoms with E-state index in [1.807, 2.05) is 19.1 Å². The highest BCUT2D eigenvalue weighted by Gasteiger charge is 2.14. The van der Waals surface area contributed by atoms with Crippen molar-refractivity contribution < 1.29 is 4.79 Å². The van der Waals surface area contributed by atoms with Crippen molar-refractivity contribution in [3.63, 3.8) is 0 Å². The first-order valence-corrected chi connectivity index (χ1v) is 7.57. The lowest BCUT2D eigenvalue weighted by atomic mass is 10.1. The summed E-state index contributed by atoms with van der Waals surface area (Å²) in [6, 6.07) is 5.22. The maximum Gasteiger partial charge on any atom is 0.242 e. The molecule has 0 bridgehead atoms. The van der Waals surface area contributed by atoms with Crippen LogP contribution >= 0.6 is 27.5 Å². The number of carbonyl (C=O) groups is 1. The molecular weight excluding hydrogens is 328 g/mol. The minimum Gasteiger partial charge on any atom is -0.373 e. The average Bonchev–Trinajstić information content (AvgIpc) is 2.34. The van der Waals surface area contributed by atoms with Gasteiger partial charge in [0, 0.05) is 6.54 Å². The van der Waals surface area contributed by atoms with E-state index in [9.17, 15) is 4.79 Å². The number of amides is 1. The van der Waals surface area contributed by atoms with Gasteiger partial charge in [0.1, 0.15) is 6.04 Å². The Kier molecular flexibility index (Phi) is 6.66. The number of anilines is 1. The summed E-state index contributed by atoms with van der Waals surface area (Å²) in [5.74, 6) is 0.582. The van der Waals surface area contributed by atoms with Gasteiger partial charge >= 0.3 is 0 Å². The maximum absolute atomic E-state index is 11.9. The van der Waals surface area contributed by atoms with Gasteiger partial charge in [0.15, 0.2) is 0 Å². The van der Waals surface area contributed by atoms with Crippen LogP contribution in [0.25, 0.3) is 0 Å². The molecule has 5 heteroatoms. The molecule has 3 nitrogen and oxygen atoms in total. The van der Waals surface area contributed by atoms with E-state index < -0.39 is 0 Å². The number of halogens is 2. The van der Waals surface area contributed by atoms with Crippen LogP contribution in [0.2, 0.25) is 5.02 Å². The van der Waals surface area contributed by atoms with E-state index >= 15 is 0 Å². The van der Waals surface area contributed by atoms with Crippen molar-refractivity contribution in [2.75, 3.05) is 11.9 Å². The number of carbonyl (C=O) groups excluding carboxylic acids is 1. The molecular formula is C14H20BrClN2O. The van der Waals surface area contributed by atoms with Crippen molar-refractivity contribution >= 4 is 39.1 Å². The smallest absolute Gasteiger partial charge is 0.242 e. The van der Waals surface area contributed by atoms with Gasteiger partial charge in [-0.15, -0.1) is 0 Å². The molecule has 1 atom stereocenters. The second-order valence-corrected chi connectivity index (χ2v) is 6.14. The van der Waals surface area contributed by atoms with Crippen molar-refractivity contribution in [1.82, 2.24) is 5.32 Å². The Labute approximate surface area is 128 Å². The predicted octanol–water partition coefficient (Wildman–Crippen LogP) is 4.07. The lowest BCUT2D eigenvalue weighted by Gasteiger charge is -2.17. The molecule has 0 aliphatic rings. The van der Waals surface area contributed by atoms with Gasteiger partial charge in [-0.3, -0.25) is 4.79 Å². The molecule has 0 heterocycles. The molecule has 2 N–H and O–H groups in total. The fourth-order valence-electron chi connectivity index (χ4n) is 1.55. The Morgan fingerprint density at radius 1 is 1.37 bits per heavy atom. The Morgan fingerprint density at radius 2 is 2.05 bits per heavy atom. The Bertz CT molecular complexity index is 437. The number of hydrogen-bond donors (Lipinski definition) is 2. The van der Waals surface area contributed by atoms with Gasteiger partial charge < -0.3 is 10.6 Å². The molecule has 106 valence electrons.